The second kappa shape index (κ2) is 7.60. The summed E-state index contributed by atoms with van der Waals surface area (Å²) in [6.07, 6.45) is 5.69. The van der Waals surface area contributed by atoms with Crippen LogP contribution >= 0.6 is 0 Å². The van der Waals surface area contributed by atoms with Crippen LogP contribution in [-0.4, -0.2) is 35.8 Å². The van der Waals surface area contributed by atoms with Gasteiger partial charge in [0.05, 0.1) is 6.61 Å². The molecule has 0 unspecified atom stereocenters. The molecule has 0 bridgehead atoms. The van der Waals surface area contributed by atoms with E-state index in [4.69, 9.17) is 0 Å². The van der Waals surface area contributed by atoms with Gasteiger partial charge in [0.15, 0.2) is 0 Å². The van der Waals surface area contributed by atoms with Gasteiger partial charge in [0, 0.05) is 25.3 Å². The third-order valence-corrected chi connectivity index (χ3v) is 3.84. The topological polar surface area (TPSA) is 48.4 Å². The molecule has 1 aliphatic rings. The van der Waals surface area contributed by atoms with Crippen molar-refractivity contribution >= 4 is 5.82 Å². The number of aromatic nitrogens is 1. The van der Waals surface area contributed by atoms with Crippen molar-refractivity contribution in [2.75, 3.05) is 24.6 Å². The van der Waals surface area contributed by atoms with Crippen molar-refractivity contribution in [3.05, 3.63) is 23.9 Å². The summed E-state index contributed by atoms with van der Waals surface area (Å²) in [5.74, 6) is 1.66. The first kappa shape index (κ1) is 15.3. The van der Waals surface area contributed by atoms with Crippen LogP contribution in [0, 0.1) is 5.92 Å². The first-order valence-corrected chi connectivity index (χ1v) is 7.74. The molecule has 0 saturated heterocycles. The largest absolute Gasteiger partial charge is 0.395 e. The zero-order valence-electron chi connectivity index (χ0n) is 12.7. The van der Waals surface area contributed by atoms with Crippen LogP contribution in [0.15, 0.2) is 18.3 Å². The summed E-state index contributed by atoms with van der Waals surface area (Å²) < 4.78 is 0. The number of aliphatic hydroxyl groups is 1. The highest BCUT2D eigenvalue weighted by Crippen LogP contribution is 2.28. The Morgan fingerprint density at radius 3 is 2.70 bits per heavy atom. The van der Waals surface area contributed by atoms with Crippen LogP contribution in [0.5, 0.6) is 0 Å². The van der Waals surface area contributed by atoms with Gasteiger partial charge in [0.2, 0.25) is 0 Å². The molecule has 112 valence electrons. The number of pyridine rings is 1. The summed E-state index contributed by atoms with van der Waals surface area (Å²) in [4.78, 5) is 6.82. The Kier molecular flexibility index (Phi) is 5.80. The van der Waals surface area contributed by atoms with Crippen LogP contribution < -0.4 is 10.2 Å². The highest BCUT2D eigenvalue weighted by molar-refractivity contribution is 5.41. The molecular formula is C16H27N3O. The molecule has 4 heteroatoms. The van der Waals surface area contributed by atoms with Gasteiger partial charge in [-0.1, -0.05) is 19.9 Å². The lowest BCUT2D eigenvalue weighted by atomic mass is 9.91. The second-order valence-electron chi connectivity index (χ2n) is 6.05. The van der Waals surface area contributed by atoms with E-state index in [2.05, 4.69) is 41.2 Å². The quantitative estimate of drug-likeness (QED) is 0.764. The van der Waals surface area contributed by atoms with E-state index in [1.54, 1.807) is 0 Å². The molecule has 4 nitrogen and oxygen atoms in total. The van der Waals surface area contributed by atoms with Gasteiger partial charge in [-0.15, -0.1) is 0 Å². The minimum Gasteiger partial charge on any atom is -0.395 e. The molecule has 1 aliphatic carbocycles. The fourth-order valence-electron chi connectivity index (χ4n) is 2.49. The molecule has 1 fully saturated rings. The van der Waals surface area contributed by atoms with Gasteiger partial charge in [-0.2, -0.15) is 0 Å². The minimum atomic E-state index is 0.190. The van der Waals surface area contributed by atoms with Gasteiger partial charge in [0.1, 0.15) is 5.82 Å². The average Bonchev–Trinajstić information content (AvgIpc) is 2.37. The van der Waals surface area contributed by atoms with Crippen molar-refractivity contribution in [1.29, 1.82) is 0 Å². The van der Waals surface area contributed by atoms with Gasteiger partial charge in [-0.25, -0.2) is 4.98 Å². The van der Waals surface area contributed by atoms with Crippen molar-refractivity contribution in [2.24, 2.45) is 5.92 Å². The number of nitrogens with zero attached hydrogens (tertiary/aromatic N) is 2. The Morgan fingerprint density at radius 1 is 1.40 bits per heavy atom. The predicted molar refractivity (Wildman–Crippen MR) is 82.9 cm³/mol. The highest BCUT2D eigenvalue weighted by Gasteiger charge is 2.25. The summed E-state index contributed by atoms with van der Waals surface area (Å²) in [7, 11) is 0. The smallest absolute Gasteiger partial charge is 0.128 e. The van der Waals surface area contributed by atoms with Gasteiger partial charge < -0.3 is 15.3 Å². The molecule has 1 aromatic rings. The molecule has 1 aromatic heterocycles. The third kappa shape index (κ3) is 4.18. The zero-order valence-corrected chi connectivity index (χ0v) is 12.7. The van der Waals surface area contributed by atoms with E-state index in [9.17, 15) is 5.11 Å². The molecule has 0 spiro atoms. The summed E-state index contributed by atoms with van der Waals surface area (Å²) in [6.45, 7) is 7.19. The first-order chi connectivity index (χ1) is 9.70. The number of hydrogen-bond acceptors (Lipinski definition) is 4. The standard InChI is InChI=1S/C16H27N3O/c1-13(2)10-17-11-14-6-7-16(18-12-14)19(8-9-20)15-4-3-5-15/h6-7,12-13,15,17,20H,3-5,8-11H2,1-2H3. The first-order valence-electron chi connectivity index (χ1n) is 7.74. The maximum absolute atomic E-state index is 9.21. The summed E-state index contributed by atoms with van der Waals surface area (Å²) >= 11 is 0. The molecule has 2 N–H and O–H groups in total. The van der Waals surface area contributed by atoms with Gasteiger partial charge in [-0.05, 0) is 43.4 Å². The monoisotopic (exact) mass is 277 g/mol. The Morgan fingerprint density at radius 2 is 2.20 bits per heavy atom. The van der Waals surface area contributed by atoms with Gasteiger partial charge in [0.25, 0.3) is 0 Å². The normalized spacial score (nSPS) is 15.4. The Balaban J connectivity index is 1.91. The molecule has 0 aliphatic heterocycles. The Labute approximate surface area is 122 Å². The number of anilines is 1. The Bertz CT molecular complexity index is 387. The van der Waals surface area contributed by atoms with Gasteiger partial charge in [-0.3, -0.25) is 0 Å². The van der Waals surface area contributed by atoms with Crippen LogP contribution in [0.1, 0.15) is 38.7 Å². The number of nitrogens with one attached hydrogen (secondary N) is 1. The van der Waals surface area contributed by atoms with Crippen molar-refractivity contribution in [2.45, 2.75) is 45.7 Å². The van der Waals surface area contributed by atoms with Crippen molar-refractivity contribution in [3.8, 4) is 0 Å². The van der Waals surface area contributed by atoms with E-state index in [1.807, 2.05) is 6.20 Å². The summed E-state index contributed by atoms with van der Waals surface area (Å²) in [5.41, 5.74) is 1.21. The fourth-order valence-corrected chi connectivity index (χ4v) is 2.49. The van der Waals surface area contributed by atoms with Crippen molar-refractivity contribution in [3.63, 3.8) is 0 Å². The maximum Gasteiger partial charge on any atom is 0.128 e. The van der Waals surface area contributed by atoms with Gasteiger partial charge >= 0.3 is 0 Å². The number of hydrogen-bond donors (Lipinski definition) is 2. The highest BCUT2D eigenvalue weighted by atomic mass is 16.3. The molecule has 20 heavy (non-hydrogen) atoms. The molecule has 1 heterocycles. The molecule has 0 amide bonds. The Hall–Kier alpha value is -1.13. The minimum absolute atomic E-state index is 0.190. The maximum atomic E-state index is 9.21. The lowest BCUT2D eigenvalue weighted by molar-refractivity contribution is 0.283. The van der Waals surface area contributed by atoms with E-state index in [0.29, 0.717) is 18.5 Å². The van der Waals surface area contributed by atoms with E-state index >= 15 is 0 Å². The SMILES string of the molecule is CC(C)CNCc1ccc(N(CCO)C2CCC2)nc1. The summed E-state index contributed by atoms with van der Waals surface area (Å²) in [5, 5.41) is 12.6. The molecular weight excluding hydrogens is 250 g/mol. The fraction of sp³-hybridized carbons (Fsp3) is 0.688. The zero-order chi connectivity index (χ0) is 14.4. The average molecular weight is 277 g/mol. The van der Waals surface area contributed by atoms with Crippen molar-refractivity contribution < 1.29 is 5.11 Å². The molecule has 0 radical (unpaired) electrons. The lowest BCUT2D eigenvalue weighted by Gasteiger charge is -2.38. The number of rotatable bonds is 8. The van der Waals surface area contributed by atoms with Crippen LogP contribution in [0.25, 0.3) is 0 Å². The van der Waals surface area contributed by atoms with E-state index in [-0.39, 0.29) is 6.61 Å². The van der Waals surface area contributed by atoms with Crippen LogP contribution in [0.3, 0.4) is 0 Å². The van der Waals surface area contributed by atoms with E-state index in [0.717, 1.165) is 18.9 Å². The van der Waals surface area contributed by atoms with E-state index in [1.165, 1.54) is 24.8 Å². The molecule has 1 saturated carbocycles. The third-order valence-electron chi connectivity index (χ3n) is 3.84. The van der Waals surface area contributed by atoms with Crippen molar-refractivity contribution in [1.82, 2.24) is 10.3 Å². The molecule has 0 atom stereocenters. The summed E-state index contributed by atoms with van der Waals surface area (Å²) in [6, 6.07) is 4.79. The van der Waals surface area contributed by atoms with Crippen LogP contribution in [0.4, 0.5) is 5.82 Å². The van der Waals surface area contributed by atoms with Crippen LogP contribution in [-0.2, 0) is 6.54 Å². The van der Waals surface area contributed by atoms with E-state index < -0.39 is 0 Å². The predicted octanol–water partition coefficient (Wildman–Crippen LogP) is 2.18. The number of aliphatic hydroxyl groups excluding tert-OH is 1. The second-order valence-corrected chi connectivity index (χ2v) is 6.05. The molecule has 0 aromatic carbocycles. The molecule has 2 rings (SSSR count). The lowest BCUT2D eigenvalue weighted by Crippen LogP contribution is -2.42. The van der Waals surface area contributed by atoms with Crippen LogP contribution in [0.2, 0.25) is 0 Å².